The largest absolute Gasteiger partial charge is 0.351 e. The number of hydrogen-bond acceptors (Lipinski definition) is 2. The Morgan fingerprint density at radius 2 is 1.83 bits per heavy atom. The molecule has 3 N–H and O–H groups in total. The van der Waals surface area contributed by atoms with Gasteiger partial charge in [-0.2, -0.15) is 0 Å². The first kappa shape index (κ1) is 12.0. The monoisotopic (exact) mass is 245 g/mol. The molecular weight excluding hydrogens is 233 g/mol. The SMILES string of the molecule is NC(=O)Nc1ccc(Cc2ccc(F)cc2)cn1. The predicted octanol–water partition coefficient (Wildman–Crippen LogP) is 2.30. The summed E-state index contributed by atoms with van der Waals surface area (Å²) in [6, 6.07) is 9.16. The van der Waals surface area contributed by atoms with Gasteiger partial charge in [0.1, 0.15) is 11.6 Å². The van der Waals surface area contributed by atoms with Crippen LogP contribution >= 0.6 is 0 Å². The van der Waals surface area contributed by atoms with Crippen LogP contribution in [0.1, 0.15) is 11.1 Å². The summed E-state index contributed by atoms with van der Waals surface area (Å²) in [5, 5.41) is 2.38. The summed E-state index contributed by atoms with van der Waals surface area (Å²) in [6.07, 6.45) is 2.30. The highest BCUT2D eigenvalue weighted by atomic mass is 19.1. The summed E-state index contributed by atoms with van der Waals surface area (Å²) in [6.45, 7) is 0. The summed E-state index contributed by atoms with van der Waals surface area (Å²) >= 11 is 0. The van der Waals surface area contributed by atoms with Crippen molar-refractivity contribution in [2.45, 2.75) is 6.42 Å². The number of carbonyl (C=O) groups excluding carboxylic acids is 1. The van der Waals surface area contributed by atoms with Gasteiger partial charge in [-0.25, -0.2) is 14.2 Å². The maximum atomic E-state index is 12.7. The number of nitrogens with one attached hydrogen (secondary N) is 1. The van der Waals surface area contributed by atoms with Crippen molar-refractivity contribution in [1.29, 1.82) is 0 Å². The summed E-state index contributed by atoms with van der Waals surface area (Å²) in [4.78, 5) is 14.7. The minimum absolute atomic E-state index is 0.252. The second kappa shape index (κ2) is 5.27. The molecule has 0 aliphatic carbocycles. The molecule has 0 fully saturated rings. The van der Waals surface area contributed by atoms with Crippen molar-refractivity contribution in [1.82, 2.24) is 4.98 Å². The Kier molecular flexibility index (Phi) is 3.52. The molecule has 92 valence electrons. The van der Waals surface area contributed by atoms with Crippen LogP contribution in [0.3, 0.4) is 0 Å². The van der Waals surface area contributed by atoms with E-state index in [9.17, 15) is 9.18 Å². The van der Waals surface area contributed by atoms with Gasteiger partial charge < -0.3 is 5.73 Å². The van der Waals surface area contributed by atoms with Crippen molar-refractivity contribution >= 4 is 11.8 Å². The quantitative estimate of drug-likeness (QED) is 0.871. The smallest absolute Gasteiger partial charge is 0.317 e. The van der Waals surface area contributed by atoms with Gasteiger partial charge in [0.2, 0.25) is 0 Å². The number of primary amides is 1. The molecule has 0 spiro atoms. The molecule has 2 aromatic rings. The first-order chi connectivity index (χ1) is 8.63. The number of rotatable bonds is 3. The van der Waals surface area contributed by atoms with E-state index in [0.717, 1.165) is 11.1 Å². The molecular formula is C13H12FN3O. The van der Waals surface area contributed by atoms with Crippen LogP contribution in [-0.4, -0.2) is 11.0 Å². The number of nitrogens with zero attached hydrogens (tertiary/aromatic N) is 1. The number of aromatic nitrogens is 1. The lowest BCUT2D eigenvalue weighted by Crippen LogP contribution is -2.19. The van der Waals surface area contributed by atoms with E-state index in [-0.39, 0.29) is 5.82 Å². The Hall–Kier alpha value is -2.43. The molecule has 1 aromatic heterocycles. The molecule has 4 nitrogen and oxygen atoms in total. The zero-order valence-electron chi connectivity index (χ0n) is 9.56. The average Bonchev–Trinajstić information content (AvgIpc) is 2.34. The van der Waals surface area contributed by atoms with Gasteiger partial charge in [-0.05, 0) is 35.7 Å². The van der Waals surface area contributed by atoms with Gasteiger partial charge in [0, 0.05) is 6.20 Å². The van der Waals surface area contributed by atoms with Crippen molar-refractivity contribution in [2.75, 3.05) is 5.32 Å². The van der Waals surface area contributed by atoms with E-state index < -0.39 is 6.03 Å². The van der Waals surface area contributed by atoms with Crippen LogP contribution < -0.4 is 11.1 Å². The molecule has 0 radical (unpaired) electrons. The van der Waals surface area contributed by atoms with Crippen LogP contribution in [0.2, 0.25) is 0 Å². The van der Waals surface area contributed by atoms with E-state index in [1.165, 1.54) is 12.1 Å². The lowest BCUT2D eigenvalue weighted by atomic mass is 10.1. The number of urea groups is 1. The summed E-state index contributed by atoms with van der Waals surface area (Å²) < 4.78 is 12.7. The van der Waals surface area contributed by atoms with Crippen LogP contribution in [-0.2, 0) is 6.42 Å². The fourth-order valence-corrected chi connectivity index (χ4v) is 1.57. The third-order valence-corrected chi connectivity index (χ3v) is 2.40. The zero-order valence-corrected chi connectivity index (χ0v) is 9.56. The summed E-state index contributed by atoms with van der Waals surface area (Å²) in [5.41, 5.74) is 6.94. The number of nitrogens with two attached hydrogens (primary N) is 1. The van der Waals surface area contributed by atoms with Crippen LogP contribution in [0.15, 0.2) is 42.6 Å². The van der Waals surface area contributed by atoms with Crippen molar-refractivity contribution < 1.29 is 9.18 Å². The van der Waals surface area contributed by atoms with Crippen molar-refractivity contribution in [3.63, 3.8) is 0 Å². The number of pyridine rings is 1. The summed E-state index contributed by atoms with van der Waals surface area (Å²) in [5.74, 6) is 0.156. The van der Waals surface area contributed by atoms with Gasteiger partial charge in [0.25, 0.3) is 0 Å². The van der Waals surface area contributed by atoms with E-state index in [1.54, 1.807) is 24.4 Å². The molecule has 0 atom stereocenters. The maximum Gasteiger partial charge on any atom is 0.317 e. The van der Waals surface area contributed by atoms with E-state index >= 15 is 0 Å². The minimum atomic E-state index is -0.645. The first-order valence-corrected chi connectivity index (χ1v) is 5.39. The second-order valence-electron chi connectivity index (χ2n) is 3.84. The zero-order chi connectivity index (χ0) is 13.0. The van der Waals surface area contributed by atoms with E-state index in [4.69, 9.17) is 5.73 Å². The molecule has 0 saturated carbocycles. The average molecular weight is 245 g/mol. The van der Waals surface area contributed by atoms with Crippen LogP contribution in [0.25, 0.3) is 0 Å². The van der Waals surface area contributed by atoms with Gasteiger partial charge in [0.05, 0.1) is 0 Å². The molecule has 0 saturated heterocycles. The molecule has 2 amide bonds. The predicted molar refractivity (Wildman–Crippen MR) is 66.6 cm³/mol. The Morgan fingerprint density at radius 1 is 1.17 bits per heavy atom. The van der Waals surface area contributed by atoms with E-state index in [1.807, 2.05) is 6.07 Å². The molecule has 5 heteroatoms. The van der Waals surface area contributed by atoms with E-state index in [0.29, 0.717) is 12.2 Å². The van der Waals surface area contributed by atoms with Crippen LogP contribution in [0.4, 0.5) is 15.0 Å². The molecule has 0 unspecified atom stereocenters. The second-order valence-corrected chi connectivity index (χ2v) is 3.84. The topological polar surface area (TPSA) is 68.0 Å². The minimum Gasteiger partial charge on any atom is -0.351 e. The van der Waals surface area contributed by atoms with Gasteiger partial charge in [-0.15, -0.1) is 0 Å². The summed E-state index contributed by atoms with van der Waals surface area (Å²) in [7, 11) is 0. The Balaban J connectivity index is 2.06. The molecule has 18 heavy (non-hydrogen) atoms. The highest BCUT2D eigenvalue weighted by molar-refractivity contribution is 5.86. The maximum absolute atomic E-state index is 12.7. The van der Waals surface area contributed by atoms with Gasteiger partial charge >= 0.3 is 6.03 Å². The number of halogens is 1. The fraction of sp³-hybridized carbons (Fsp3) is 0.0769. The number of anilines is 1. The standard InChI is InChI=1S/C13H12FN3O/c14-11-4-1-9(2-5-11)7-10-3-6-12(16-8-10)17-13(15)18/h1-6,8H,7H2,(H3,15,16,17,18). The molecule has 1 heterocycles. The number of amides is 2. The molecule has 0 aliphatic rings. The number of benzene rings is 1. The molecule has 2 rings (SSSR count). The van der Waals surface area contributed by atoms with Gasteiger partial charge in [0.15, 0.2) is 0 Å². The third kappa shape index (κ3) is 3.28. The highest BCUT2D eigenvalue weighted by Gasteiger charge is 2.00. The highest BCUT2D eigenvalue weighted by Crippen LogP contribution is 2.11. The van der Waals surface area contributed by atoms with Gasteiger partial charge in [-0.1, -0.05) is 18.2 Å². The molecule has 0 aliphatic heterocycles. The third-order valence-electron chi connectivity index (χ3n) is 2.40. The lowest BCUT2D eigenvalue weighted by molar-refractivity contribution is 0.259. The number of carbonyl (C=O) groups is 1. The molecule has 0 bridgehead atoms. The van der Waals surface area contributed by atoms with Crippen LogP contribution in [0.5, 0.6) is 0 Å². The van der Waals surface area contributed by atoms with E-state index in [2.05, 4.69) is 10.3 Å². The fourth-order valence-electron chi connectivity index (χ4n) is 1.57. The van der Waals surface area contributed by atoms with Crippen molar-refractivity contribution in [2.24, 2.45) is 5.73 Å². The lowest BCUT2D eigenvalue weighted by Gasteiger charge is -2.04. The Labute approximate surface area is 104 Å². The van der Waals surface area contributed by atoms with Crippen molar-refractivity contribution in [3.05, 3.63) is 59.5 Å². The van der Waals surface area contributed by atoms with Crippen LogP contribution in [0, 0.1) is 5.82 Å². The first-order valence-electron chi connectivity index (χ1n) is 5.39. The van der Waals surface area contributed by atoms with Gasteiger partial charge in [-0.3, -0.25) is 5.32 Å². The van der Waals surface area contributed by atoms with Crippen molar-refractivity contribution in [3.8, 4) is 0 Å². The normalized spacial score (nSPS) is 10.1. The number of hydrogen-bond donors (Lipinski definition) is 2. The Morgan fingerprint density at radius 3 is 2.39 bits per heavy atom. The molecule has 1 aromatic carbocycles. The Bertz CT molecular complexity index is 537.